The van der Waals surface area contributed by atoms with E-state index >= 15 is 0 Å². The summed E-state index contributed by atoms with van der Waals surface area (Å²) in [5, 5.41) is 16.1. The summed E-state index contributed by atoms with van der Waals surface area (Å²) in [4.78, 5) is 42.7. The Balaban J connectivity index is 1.28. The number of aliphatic carboxylic acids is 1. The molecule has 45 heavy (non-hydrogen) atoms. The van der Waals surface area contributed by atoms with Crippen LogP contribution in [0.15, 0.2) is 66.9 Å². The highest BCUT2D eigenvalue weighted by Gasteiger charge is 2.42. The van der Waals surface area contributed by atoms with Crippen molar-refractivity contribution in [3.05, 3.63) is 83.6 Å². The minimum Gasteiger partial charge on any atom is -0.481 e. The SMILES string of the molecule is COc1ccc(-c2c(C3CCCC3)c3ccc(C(=O)NC4(C(=O)Nc5ccc(/C=C/C(=O)O)cc5)CCCC4)cc3n2C)cn1. The Morgan fingerprint density at radius 3 is 2.38 bits per heavy atom. The third-order valence-corrected chi connectivity index (χ3v) is 9.32. The van der Waals surface area contributed by atoms with Crippen molar-refractivity contribution < 1.29 is 24.2 Å². The van der Waals surface area contributed by atoms with Crippen LogP contribution in [0.2, 0.25) is 0 Å². The lowest BCUT2D eigenvalue weighted by Gasteiger charge is -2.29. The van der Waals surface area contributed by atoms with E-state index in [1.54, 1.807) is 31.4 Å². The molecule has 9 nitrogen and oxygen atoms in total. The number of hydrogen-bond donors (Lipinski definition) is 3. The van der Waals surface area contributed by atoms with E-state index < -0.39 is 11.5 Å². The smallest absolute Gasteiger partial charge is 0.328 e. The van der Waals surface area contributed by atoms with Crippen molar-refractivity contribution in [2.24, 2.45) is 7.05 Å². The number of carbonyl (C=O) groups is 3. The van der Waals surface area contributed by atoms with Crippen LogP contribution in [-0.4, -0.2) is 45.1 Å². The Morgan fingerprint density at radius 2 is 1.73 bits per heavy atom. The molecule has 9 heteroatoms. The van der Waals surface area contributed by atoms with E-state index in [1.165, 1.54) is 24.5 Å². The number of nitrogens with zero attached hydrogens (tertiary/aromatic N) is 2. The highest BCUT2D eigenvalue weighted by molar-refractivity contribution is 6.06. The number of aromatic nitrogens is 2. The van der Waals surface area contributed by atoms with Gasteiger partial charge in [-0.05, 0) is 79.1 Å². The van der Waals surface area contributed by atoms with Gasteiger partial charge in [-0.25, -0.2) is 9.78 Å². The van der Waals surface area contributed by atoms with Gasteiger partial charge < -0.3 is 25.0 Å². The first-order valence-electron chi connectivity index (χ1n) is 15.6. The van der Waals surface area contributed by atoms with Crippen molar-refractivity contribution >= 4 is 40.4 Å². The molecule has 2 saturated carbocycles. The van der Waals surface area contributed by atoms with Gasteiger partial charge in [-0.15, -0.1) is 0 Å². The van der Waals surface area contributed by atoms with Crippen LogP contribution in [0.5, 0.6) is 5.88 Å². The zero-order valence-electron chi connectivity index (χ0n) is 25.6. The molecule has 0 aliphatic heterocycles. The van der Waals surface area contributed by atoms with Crippen LogP contribution in [0.1, 0.15) is 78.8 Å². The maximum atomic E-state index is 13.8. The molecule has 2 heterocycles. The number of aryl methyl sites for hydroxylation is 1. The minimum atomic E-state index is -1.03. The van der Waals surface area contributed by atoms with Crippen molar-refractivity contribution in [3.8, 4) is 17.1 Å². The average molecular weight is 607 g/mol. The first-order valence-corrected chi connectivity index (χ1v) is 15.6. The molecular formula is C36H38N4O5. The molecule has 0 saturated heterocycles. The van der Waals surface area contributed by atoms with E-state index in [-0.39, 0.29) is 11.8 Å². The first kappa shape index (κ1) is 30.1. The van der Waals surface area contributed by atoms with Gasteiger partial charge in [0.15, 0.2) is 0 Å². The summed E-state index contributed by atoms with van der Waals surface area (Å²) >= 11 is 0. The first-order chi connectivity index (χ1) is 21.8. The molecule has 0 radical (unpaired) electrons. The van der Waals surface area contributed by atoms with Crippen LogP contribution in [0.25, 0.3) is 28.2 Å². The number of fused-ring (bicyclic) bond motifs is 1. The molecule has 3 N–H and O–H groups in total. The van der Waals surface area contributed by atoms with Gasteiger partial charge in [0.2, 0.25) is 11.8 Å². The molecule has 0 bridgehead atoms. The molecule has 2 aliphatic carbocycles. The lowest BCUT2D eigenvalue weighted by molar-refractivity contribution is -0.131. The van der Waals surface area contributed by atoms with Gasteiger partial charge >= 0.3 is 5.97 Å². The molecule has 2 fully saturated rings. The summed E-state index contributed by atoms with van der Waals surface area (Å²) < 4.78 is 7.45. The maximum absolute atomic E-state index is 13.8. The fraction of sp³-hybridized carbons (Fsp3) is 0.333. The number of carboxylic acids is 1. The van der Waals surface area contributed by atoms with Gasteiger partial charge in [-0.2, -0.15) is 0 Å². The van der Waals surface area contributed by atoms with Crippen LogP contribution in [-0.2, 0) is 16.6 Å². The summed E-state index contributed by atoms with van der Waals surface area (Å²) in [6, 6.07) is 16.7. The molecule has 0 spiro atoms. The van der Waals surface area contributed by atoms with E-state index in [4.69, 9.17) is 9.84 Å². The van der Waals surface area contributed by atoms with Crippen molar-refractivity contribution in [3.63, 3.8) is 0 Å². The van der Waals surface area contributed by atoms with E-state index in [1.807, 2.05) is 37.5 Å². The van der Waals surface area contributed by atoms with E-state index in [9.17, 15) is 14.4 Å². The number of anilines is 1. The van der Waals surface area contributed by atoms with Crippen molar-refractivity contribution in [2.75, 3.05) is 12.4 Å². The fourth-order valence-electron chi connectivity index (χ4n) is 7.00. The number of nitrogens with one attached hydrogen (secondary N) is 2. The molecule has 2 aliphatic rings. The largest absolute Gasteiger partial charge is 0.481 e. The third kappa shape index (κ3) is 6.07. The molecule has 2 aromatic carbocycles. The number of amides is 2. The molecule has 6 rings (SSSR count). The Morgan fingerprint density at radius 1 is 1.00 bits per heavy atom. The molecular weight excluding hydrogens is 568 g/mol. The summed E-state index contributed by atoms with van der Waals surface area (Å²) in [5.41, 5.74) is 5.18. The highest BCUT2D eigenvalue weighted by atomic mass is 16.5. The zero-order chi connectivity index (χ0) is 31.6. The maximum Gasteiger partial charge on any atom is 0.328 e. The number of ether oxygens (including phenoxy) is 1. The number of carbonyl (C=O) groups excluding carboxylic acids is 2. The predicted octanol–water partition coefficient (Wildman–Crippen LogP) is 6.69. The molecule has 0 unspecified atom stereocenters. The zero-order valence-corrected chi connectivity index (χ0v) is 25.6. The van der Waals surface area contributed by atoms with Crippen LogP contribution in [0, 0.1) is 0 Å². The molecule has 0 atom stereocenters. The number of benzene rings is 2. The quantitative estimate of drug-likeness (QED) is 0.183. The summed E-state index contributed by atoms with van der Waals surface area (Å²) in [6.45, 7) is 0. The van der Waals surface area contributed by atoms with Crippen molar-refractivity contribution in [1.29, 1.82) is 0 Å². The number of methoxy groups -OCH3 is 1. The Hall–Kier alpha value is -4.92. The average Bonchev–Trinajstić information content (AvgIpc) is 3.81. The monoisotopic (exact) mass is 606 g/mol. The lowest BCUT2D eigenvalue weighted by Crippen LogP contribution is -2.55. The van der Waals surface area contributed by atoms with Crippen LogP contribution < -0.4 is 15.4 Å². The summed E-state index contributed by atoms with van der Waals surface area (Å²) in [5.74, 6) is -0.548. The number of rotatable bonds is 9. The topological polar surface area (TPSA) is 123 Å². The second kappa shape index (κ2) is 12.6. The lowest BCUT2D eigenvalue weighted by atomic mass is 9.92. The fourth-order valence-corrected chi connectivity index (χ4v) is 7.00. The third-order valence-electron chi connectivity index (χ3n) is 9.32. The minimum absolute atomic E-state index is 0.250. The molecule has 2 amide bonds. The van der Waals surface area contributed by atoms with E-state index in [0.29, 0.717) is 41.5 Å². The standard InChI is InChI=1S/C36H38N4O5/c1-40-29-21-25(12-16-28(29)32(24-7-3-4-8-24)33(40)26-13-17-30(45-2)37-22-26)34(43)39-36(19-5-6-20-36)35(44)38-27-14-9-23(10-15-27)11-18-31(41)42/h9-18,21-22,24H,3-8,19-20H2,1-2H3,(H,38,44)(H,39,43)(H,41,42)/b18-11+. The normalized spacial score (nSPS) is 16.3. The van der Waals surface area contributed by atoms with Gasteiger partial charge in [0.25, 0.3) is 5.91 Å². The van der Waals surface area contributed by atoms with Gasteiger partial charge in [-0.3, -0.25) is 9.59 Å². The Labute approximate surface area is 262 Å². The van der Waals surface area contributed by atoms with Crippen molar-refractivity contribution in [2.45, 2.75) is 62.8 Å². The van der Waals surface area contributed by atoms with Crippen LogP contribution in [0.4, 0.5) is 5.69 Å². The second-order valence-electron chi connectivity index (χ2n) is 12.1. The number of pyridine rings is 1. The molecule has 4 aromatic rings. The van der Waals surface area contributed by atoms with E-state index in [2.05, 4.69) is 26.3 Å². The second-order valence-corrected chi connectivity index (χ2v) is 12.1. The van der Waals surface area contributed by atoms with Gasteiger partial charge in [0.05, 0.1) is 12.8 Å². The predicted molar refractivity (Wildman–Crippen MR) is 174 cm³/mol. The number of hydrogen-bond acceptors (Lipinski definition) is 5. The van der Waals surface area contributed by atoms with E-state index in [0.717, 1.165) is 53.9 Å². The molecule has 2 aromatic heterocycles. The van der Waals surface area contributed by atoms with Crippen LogP contribution in [0.3, 0.4) is 0 Å². The summed E-state index contributed by atoms with van der Waals surface area (Å²) in [7, 11) is 3.65. The summed E-state index contributed by atoms with van der Waals surface area (Å²) in [6.07, 6.45) is 11.9. The van der Waals surface area contributed by atoms with Gasteiger partial charge in [0, 0.05) is 53.1 Å². The highest BCUT2D eigenvalue weighted by Crippen LogP contribution is 2.44. The van der Waals surface area contributed by atoms with Gasteiger partial charge in [0.1, 0.15) is 5.54 Å². The van der Waals surface area contributed by atoms with Gasteiger partial charge in [-0.1, -0.05) is 43.9 Å². The number of carboxylic acid groups (broad SMARTS) is 1. The van der Waals surface area contributed by atoms with Crippen molar-refractivity contribution in [1.82, 2.24) is 14.9 Å². The Bertz CT molecular complexity index is 1760. The Kier molecular flexibility index (Phi) is 8.43. The molecule has 232 valence electrons. The van der Waals surface area contributed by atoms with Crippen LogP contribution >= 0.6 is 0 Å².